The van der Waals surface area contributed by atoms with Crippen molar-refractivity contribution < 1.29 is 9.84 Å². The van der Waals surface area contributed by atoms with E-state index in [0.29, 0.717) is 22.5 Å². The quantitative estimate of drug-likeness (QED) is 0.606. The van der Waals surface area contributed by atoms with Crippen molar-refractivity contribution in [3.05, 3.63) is 16.6 Å². The third-order valence-electron chi connectivity index (χ3n) is 1.35. The first kappa shape index (κ1) is 9.19. The summed E-state index contributed by atoms with van der Waals surface area (Å²) in [5.41, 5.74) is 6.10. The minimum absolute atomic E-state index is 0.0889. The first-order chi connectivity index (χ1) is 5.65. The molecule has 1 rings (SSSR count). The van der Waals surface area contributed by atoms with Gasteiger partial charge in [0, 0.05) is 11.8 Å². The fraction of sp³-hybridized carbons (Fsp3) is 0.250. The molecule has 0 spiro atoms. The summed E-state index contributed by atoms with van der Waals surface area (Å²) in [6, 6.07) is 3.21. The second kappa shape index (κ2) is 3.67. The Labute approximate surface area is 79.3 Å². The van der Waals surface area contributed by atoms with E-state index in [1.807, 2.05) is 6.92 Å². The van der Waals surface area contributed by atoms with Gasteiger partial charge in [-0.2, -0.15) is 0 Å². The molecule has 0 aliphatic rings. The molecule has 1 aromatic carbocycles. The molecule has 4 heteroatoms. The number of anilines is 1. The lowest BCUT2D eigenvalue weighted by atomic mass is 10.3. The highest BCUT2D eigenvalue weighted by Gasteiger charge is 2.06. The average molecular weight is 232 g/mol. The van der Waals surface area contributed by atoms with Crippen LogP contribution in [0.4, 0.5) is 5.69 Å². The number of phenolic OH excluding ortho intramolecular Hbond substituents is 1. The van der Waals surface area contributed by atoms with Crippen molar-refractivity contribution in [2.75, 3.05) is 12.3 Å². The molecule has 0 atom stereocenters. The van der Waals surface area contributed by atoms with E-state index in [-0.39, 0.29) is 5.75 Å². The molecule has 0 saturated carbocycles. The van der Waals surface area contributed by atoms with Crippen LogP contribution in [0.15, 0.2) is 16.6 Å². The van der Waals surface area contributed by atoms with E-state index < -0.39 is 0 Å². The van der Waals surface area contributed by atoms with Crippen molar-refractivity contribution in [3.8, 4) is 11.5 Å². The van der Waals surface area contributed by atoms with Crippen LogP contribution in [-0.2, 0) is 0 Å². The highest BCUT2D eigenvalue weighted by atomic mass is 79.9. The number of hydrogen-bond donors (Lipinski definition) is 2. The molecular weight excluding hydrogens is 222 g/mol. The summed E-state index contributed by atoms with van der Waals surface area (Å²) in [6.45, 7) is 2.35. The summed E-state index contributed by atoms with van der Waals surface area (Å²) in [5, 5.41) is 9.43. The topological polar surface area (TPSA) is 55.5 Å². The molecule has 12 heavy (non-hydrogen) atoms. The monoisotopic (exact) mass is 231 g/mol. The Morgan fingerprint density at radius 3 is 2.83 bits per heavy atom. The van der Waals surface area contributed by atoms with E-state index in [4.69, 9.17) is 10.5 Å². The van der Waals surface area contributed by atoms with Crippen LogP contribution in [0.3, 0.4) is 0 Å². The van der Waals surface area contributed by atoms with Crippen molar-refractivity contribution in [2.24, 2.45) is 0 Å². The number of aromatic hydroxyl groups is 1. The molecule has 0 heterocycles. The van der Waals surface area contributed by atoms with Crippen LogP contribution in [0.2, 0.25) is 0 Å². The van der Waals surface area contributed by atoms with Crippen molar-refractivity contribution in [2.45, 2.75) is 6.92 Å². The molecule has 0 radical (unpaired) electrons. The lowest BCUT2D eigenvalue weighted by Crippen LogP contribution is -1.94. The number of hydrogen-bond acceptors (Lipinski definition) is 3. The van der Waals surface area contributed by atoms with Gasteiger partial charge in [0.1, 0.15) is 0 Å². The first-order valence-corrected chi connectivity index (χ1v) is 4.35. The zero-order valence-electron chi connectivity index (χ0n) is 6.67. The van der Waals surface area contributed by atoms with Crippen LogP contribution >= 0.6 is 15.9 Å². The Morgan fingerprint density at radius 2 is 2.25 bits per heavy atom. The van der Waals surface area contributed by atoms with Crippen LogP contribution < -0.4 is 10.5 Å². The zero-order chi connectivity index (χ0) is 9.14. The average Bonchev–Trinajstić information content (AvgIpc) is 2.00. The number of halogens is 1. The van der Waals surface area contributed by atoms with Gasteiger partial charge >= 0.3 is 0 Å². The predicted octanol–water partition coefficient (Wildman–Crippen LogP) is 2.14. The van der Waals surface area contributed by atoms with Crippen LogP contribution in [0, 0.1) is 0 Å². The summed E-state index contributed by atoms with van der Waals surface area (Å²) in [6.07, 6.45) is 0. The van der Waals surface area contributed by atoms with E-state index >= 15 is 0 Å². The normalized spacial score (nSPS) is 9.83. The van der Waals surface area contributed by atoms with E-state index in [0.717, 1.165) is 0 Å². The van der Waals surface area contributed by atoms with E-state index in [1.165, 1.54) is 0 Å². The SMILES string of the molecule is CCOc1cc(N)cc(Br)c1O. The minimum Gasteiger partial charge on any atom is -0.503 e. The molecule has 0 aromatic heterocycles. The van der Waals surface area contributed by atoms with Gasteiger partial charge < -0.3 is 15.6 Å². The Morgan fingerprint density at radius 1 is 1.58 bits per heavy atom. The number of rotatable bonds is 2. The maximum absolute atomic E-state index is 9.43. The summed E-state index contributed by atoms with van der Waals surface area (Å²) in [4.78, 5) is 0. The summed E-state index contributed by atoms with van der Waals surface area (Å²) >= 11 is 3.16. The summed E-state index contributed by atoms with van der Waals surface area (Å²) in [7, 11) is 0. The number of benzene rings is 1. The molecule has 0 aliphatic heterocycles. The predicted molar refractivity (Wildman–Crippen MR) is 51.4 cm³/mol. The lowest BCUT2D eigenvalue weighted by Gasteiger charge is -2.07. The third-order valence-corrected chi connectivity index (χ3v) is 1.96. The van der Waals surface area contributed by atoms with E-state index in [1.54, 1.807) is 12.1 Å². The molecule has 0 saturated heterocycles. The summed E-state index contributed by atoms with van der Waals surface area (Å²) in [5.74, 6) is 0.496. The third kappa shape index (κ3) is 1.82. The van der Waals surface area contributed by atoms with Crippen molar-refractivity contribution >= 4 is 21.6 Å². The second-order valence-electron chi connectivity index (χ2n) is 2.28. The first-order valence-electron chi connectivity index (χ1n) is 3.56. The molecule has 3 N–H and O–H groups in total. The molecule has 0 fully saturated rings. The minimum atomic E-state index is 0.0889. The Balaban J connectivity index is 3.09. The van der Waals surface area contributed by atoms with Crippen molar-refractivity contribution in [3.63, 3.8) is 0 Å². The molecule has 0 amide bonds. The second-order valence-corrected chi connectivity index (χ2v) is 3.14. The van der Waals surface area contributed by atoms with Gasteiger partial charge in [0.2, 0.25) is 0 Å². The fourth-order valence-electron chi connectivity index (χ4n) is 0.859. The van der Waals surface area contributed by atoms with Gasteiger partial charge in [-0.1, -0.05) is 0 Å². The summed E-state index contributed by atoms with van der Waals surface area (Å²) < 4.78 is 5.69. The molecule has 0 unspecified atom stereocenters. The Kier molecular flexibility index (Phi) is 2.81. The fourth-order valence-corrected chi connectivity index (χ4v) is 1.32. The van der Waals surface area contributed by atoms with Gasteiger partial charge in [-0.3, -0.25) is 0 Å². The van der Waals surface area contributed by atoms with Crippen molar-refractivity contribution in [1.82, 2.24) is 0 Å². The largest absolute Gasteiger partial charge is 0.503 e. The Bertz CT molecular complexity index is 289. The van der Waals surface area contributed by atoms with Crippen LogP contribution in [0.25, 0.3) is 0 Å². The molecule has 3 nitrogen and oxygen atoms in total. The van der Waals surface area contributed by atoms with Gasteiger partial charge in [-0.15, -0.1) is 0 Å². The molecule has 0 bridgehead atoms. The van der Waals surface area contributed by atoms with Crippen LogP contribution in [0.1, 0.15) is 6.92 Å². The van der Waals surface area contributed by atoms with E-state index in [2.05, 4.69) is 15.9 Å². The Hall–Kier alpha value is -0.900. The number of nitrogens with two attached hydrogens (primary N) is 1. The smallest absolute Gasteiger partial charge is 0.172 e. The van der Waals surface area contributed by atoms with Gasteiger partial charge in [0.25, 0.3) is 0 Å². The maximum Gasteiger partial charge on any atom is 0.172 e. The molecule has 66 valence electrons. The van der Waals surface area contributed by atoms with Gasteiger partial charge in [-0.25, -0.2) is 0 Å². The number of nitrogen functional groups attached to an aromatic ring is 1. The highest BCUT2D eigenvalue weighted by Crippen LogP contribution is 2.36. The van der Waals surface area contributed by atoms with Gasteiger partial charge in [0.05, 0.1) is 11.1 Å². The van der Waals surface area contributed by atoms with Gasteiger partial charge in [-0.05, 0) is 28.9 Å². The van der Waals surface area contributed by atoms with Crippen molar-refractivity contribution in [1.29, 1.82) is 0 Å². The molecule has 0 aliphatic carbocycles. The zero-order valence-corrected chi connectivity index (χ0v) is 8.26. The molecular formula is C8H10BrNO2. The molecule has 1 aromatic rings. The highest BCUT2D eigenvalue weighted by molar-refractivity contribution is 9.10. The standard InChI is InChI=1S/C8H10BrNO2/c1-2-12-7-4-5(10)3-6(9)8(7)11/h3-4,11H,2,10H2,1H3. The van der Waals surface area contributed by atoms with Gasteiger partial charge in [0.15, 0.2) is 11.5 Å². The van der Waals surface area contributed by atoms with Crippen LogP contribution in [0.5, 0.6) is 11.5 Å². The number of ether oxygens (including phenoxy) is 1. The van der Waals surface area contributed by atoms with E-state index in [9.17, 15) is 5.11 Å². The number of phenols is 1. The van der Waals surface area contributed by atoms with Crippen LogP contribution in [-0.4, -0.2) is 11.7 Å². The maximum atomic E-state index is 9.43. The lowest BCUT2D eigenvalue weighted by molar-refractivity contribution is 0.317.